The molecule has 3 nitrogen and oxygen atoms in total. The van der Waals surface area contributed by atoms with Gasteiger partial charge in [-0.1, -0.05) is 17.2 Å². The number of aliphatic imine (C=N–C) groups is 1. The summed E-state index contributed by atoms with van der Waals surface area (Å²) in [4.78, 5) is 16.0. The fourth-order valence-corrected chi connectivity index (χ4v) is 2.40. The fraction of sp³-hybridized carbons (Fsp3) is 0.111. The SMILES string of the molecule is Cc1cc(C)cc(C2=N/C(=C\c3ccc(F)cc3F)C(=O)O2)c1. The zero-order valence-corrected chi connectivity index (χ0v) is 12.6. The van der Waals surface area contributed by atoms with Gasteiger partial charge in [-0.05, 0) is 44.2 Å². The predicted octanol–water partition coefficient (Wildman–Crippen LogP) is 3.93. The van der Waals surface area contributed by atoms with Crippen LogP contribution in [0.5, 0.6) is 0 Å². The zero-order valence-electron chi connectivity index (χ0n) is 12.6. The van der Waals surface area contributed by atoms with Crippen molar-refractivity contribution in [3.8, 4) is 0 Å². The Hall–Kier alpha value is -2.82. The molecule has 0 aromatic heterocycles. The largest absolute Gasteiger partial charge is 0.402 e. The van der Waals surface area contributed by atoms with Gasteiger partial charge in [-0.25, -0.2) is 18.6 Å². The van der Waals surface area contributed by atoms with E-state index in [4.69, 9.17) is 4.74 Å². The summed E-state index contributed by atoms with van der Waals surface area (Å²) >= 11 is 0. The molecule has 0 saturated carbocycles. The van der Waals surface area contributed by atoms with Crippen LogP contribution in [-0.4, -0.2) is 11.9 Å². The number of carbonyl (C=O) groups is 1. The molecule has 1 heterocycles. The van der Waals surface area contributed by atoms with E-state index in [9.17, 15) is 13.6 Å². The molecule has 0 fully saturated rings. The normalized spacial score (nSPS) is 15.7. The molecule has 5 heteroatoms. The lowest BCUT2D eigenvalue weighted by molar-refractivity contribution is -0.129. The molecule has 23 heavy (non-hydrogen) atoms. The van der Waals surface area contributed by atoms with Crippen molar-refractivity contribution in [3.05, 3.63) is 76.0 Å². The van der Waals surface area contributed by atoms with Crippen molar-refractivity contribution in [3.63, 3.8) is 0 Å². The van der Waals surface area contributed by atoms with Crippen LogP contribution in [-0.2, 0) is 9.53 Å². The molecule has 0 atom stereocenters. The minimum absolute atomic E-state index is 0.0235. The van der Waals surface area contributed by atoms with Crippen LogP contribution < -0.4 is 0 Å². The molecule has 0 spiro atoms. The van der Waals surface area contributed by atoms with E-state index in [2.05, 4.69) is 4.99 Å². The molecule has 3 rings (SSSR count). The monoisotopic (exact) mass is 313 g/mol. The van der Waals surface area contributed by atoms with E-state index < -0.39 is 17.6 Å². The van der Waals surface area contributed by atoms with Gasteiger partial charge in [0, 0.05) is 17.2 Å². The number of benzene rings is 2. The predicted molar refractivity (Wildman–Crippen MR) is 82.9 cm³/mol. The molecular weight excluding hydrogens is 300 g/mol. The van der Waals surface area contributed by atoms with Crippen molar-refractivity contribution in [1.29, 1.82) is 0 Å². The number of hydrogen-bond acceptors (Lipinski definition) is 3. The van der Waals surface area contributed by atoms with Crippen LogP contribution in [0.3, 0.4) is 0 Å². The van der Waals surface area contributed by atoms with Crippen molar-refractivity contribution < 1.29 is 18.3 Å². The Morgan fingerprint density at radius 2 is 1.74 bits per heavy atom. The van der Waals surface area contributed by atoms with Crippen LogP contribution in [0, 0.1) is 25.5 Å². The highest BCUT2D eigenvalue weighted by Crippen LogP contribution is 2.22. The maximum Gasteiger partial charge on any atom is 0.363 e. The minimum Gasteiger partial charge on any atom is -0.402 e. The average Bonchev–Trinajstić information content (AvgIpc) is 2.82. The Morgan fingerprint density at radius 3 is 2.39 bits per heavy atom. The van der Waals surface area contributed by atoms with Crippen LogP contribution in [0.25, 0.3) is 6.08 Å². The summed E-state index contributed by atoms with van der Waals surface area (Å²) in [5, 5.41) is 0. The molecular formula is C18H13F2NO2. The highest BCUT2D eigenvalue weighted by atomic mass is 19.1. The summed E-state index contributed by atoms with van der Waals surface area (Å²) in [7, 11) is 0. The standard InChI is InChI=1S/C18H13F2NO2/c1-10-5-11(2)7-13(6-10)17-21-16(18(22)23-17)8-12-3-4-14(19)9-15(12)20/h3-9H,1-2H3/b16-8-. The first-order valence-electron chi connectivity index (χ1n) is 6.98. The first-order valence-corrected chi connectivity index (χ1v) is 6.98. The van der Waals surface area contributed by atoms with Gasteiger partial charge in [0.2, 0.25) is 5.90 Å². The number of ether oxygens (including phenoxy) is 1. The van der Waals surface area contributed by atoms with E-state index in [0.717, 1.165) is 23.3 Å². The van der Waals surface area contributed by atoms with Crippen LogP contribution in [0.4, 0.5) is 8.78 Å². The summed E-state index contributed by atoms with van der Waals surface area (Å²) in [6.07, 6.45) is 1.24. The fourth-order valence-electron chi connectivity index (χ4n) is 2.40. The number of hydrogen-bond donors (Lipinski definition) is 0. The first kappa shape index (κ1) is 15.1. The van der Waals surface area contributed by atoms with Crippen molar-refractivity contribution >= 4 is 17.9 Å². The Kier molecular flexibility index (Phi) is 3.78. The smallest absolute Gasteiger partial charge is 0.363 e. The highest BCUT2D eigenvalue weighted by Gasteiger charge is 2.24. The van der Waals surface area contributed by atoms with Crippen LogP contribution >= 0.6 is 0 Å². The first-order chi connectivity index (χ1) is 10.9. The van der Waals surface area contributed by atoms with Crippen LogP contribution in [0.15, 0.2) is 47.1 Å². The molecule has 0 unspecified atom stereocenters. The number of nitrogens with zero attached hydrogens (tertiary/aromatic N) is 1. The second-order valence-corrected chi connectivity index (χ2v) is 5.38. The quantitative estimate of drug-likeness (QED) is 0.622. The summed E-state index contributed by atoms with van der Waals surface area (Å²) in [5.74, 6) is -1.93. The molecule has 0 aliphatic carbocycles. The molecule has 0 N–H and O–H groups in total. The lowest BCUT2D eigenvalue weighted by Gasteiger charge is -2.03. The molecule has 2 aromatic rings. The van der Waals surface area contributed by atoms with E-state index in [1.807, 2.05) is 32.0 Å². The van der Waals surface area contributed by atoms with Crippen molar-refractivity contribution in [2.45, 2.75) is 13.8 Å². The molecule has 0 saturated heterocycles. The van der Waals surface area contributed by atoms with Gasteiger partial charge in [-0.15, -0.1) is 0 Å². The molecule has 0 bridgehead atoms. The number of carbonyl (C=O) groups excluding carboxylic acids is 1. The van der Waals surface area contributed by atoms with Gasteiger partial charge in [0.25, 0.3) is 0 Å². The Bertz CT molecular complexity index is 849. The zero-order chi connectivity index (χ0) is 16.6. The number of aryl methyl sites for hydroxylation is 2. The lowest BCUT2D eigenvalue weighted by Crippen LogP contribution is -2.06. The van der Waals surface area contributed by atoms with Crippen molar-refractivity contribution in [1.82, 2.24) is 0 Å². The second-order valence-electron chi connectivity index (χ2n) is 5.38. The topological polar surface area (TPSA) is 38.7 Å². The molecule has 2 aromatic carbocycles. The van der Waals surface area contributed by atoms with Gasteiger partial charge < -0.3 is 4.74 Å². The van der Waals surface area contributed by atoms with Gasteiger partial charge in [-0.3, -0.25) is 0 Å². The summed E-state index contributed by atoms with van der Waals surface area (Å²) < 4.78 is 31.7. The number of cyclic esters (lactones) is 1. The van der Waals surface area contributed by atoms with E-state index in [1.165, 1.54) is 12.1 Å². The minimum atomic E-state index is -0.764. The van der Waals surface area contributed by atoms with E-state index in [1.54, 1.807) is 0 Å². The third-order valence-corrected chi connectivity index (χ3v) is 3.34. The van der Waals surface area contributed by atoms with Gasteiger partial charge in [0.05, 0.1) is 0 Å². The molecule has 1 aliphatic rings. The highest BCUT2D eigenvalue weighted by molar-refractivity contribution is 6.13. The van der Waals surface area contributed by atoms with E-state index in [-0.39, 0.29) is 17.2 Å². The Labute approximate surface area is 131 Å². The molecule has 0 radical (unpaired) electrons. The molecule has 0 amide bonds. The maximum atomic E-state index is 13.7. The van der Waals surface area contributed by atoms with E-state index >= 15 is 0 Å². The number of esters is 1. The summed E-state index contributed by atoms with van der Waals surface area (Å²) in [6, 6.07) is 8.80. The van der Waals surface area contributed by atoms with Crippen molar-refractivity contribution in [2.24, 2.45) is 4.99 Å². The third kappa shape index (κ3) is 3.18. The maximum absolute atomic E-state index is 13.7. The van der Waals surface area contributed by atoms with Gasteiger partial charge in [0.1, 0.15) is 11.6 Å². The number of halogens is 2. The lowest BCUT2D eigenvalue weighted by atomic mass is 10.1. The third-order valence-electron chi connectivity index (χ3n) is 3.34. The van der Waals surface area contributed by atoms with E-state index in [0.29, 0.717) is 5.56 Å². The average molecular weight is 313 g/mol. The van der Waals surface area contributed by atoms with Crippen molar-refractivity contribution in [2.75, 3.05) is 0 Å². The molecule has 116 valence electrons. The second kappa shape index (κ2) is 5.76. The van der Waals surface area contributed by atoms with Gasteiger partial charge in [0.15, 0.2) is 5.70 Å². The summed E-state index contributed by atoms with van der Waals surface area (Å²) in [5.41, 5.74) is 2.76. The molecule has 1 aliphatic heterocycles. The van der Waals surface area contributed by atoms with Gasteiger partial charge >= 0.3 is 5.97 Å². The Balaban J connectivity index is 1.99. The summed E-state index contributed by atoms with van der Waals surface area (Å²) in [6.45, 7) is 3.86. The Morgan fingerprint density at radius 1 is 1.04 bits per heavy atom. The van der Waals surface area contributed by atoms with Crippen LogP contribution in [0.1, 0.15) is 22.3 Å². The number of rotatable bonds is 2. The van der Waals surface area contributed by atoms with Crippen LogP contribution in [0.2, 0.25) is 0 Å². The van der Waals surface area contributed by atoms with Gasteiger partial charge in [-0.2, -0.15) is 0 Å².